The first-order chi connectivity index (χ1) is 8.96. The van der Waals surface area contributed by atoms with Crippen molar-refractivity contribution < 1.29 is 18.1 Å². The Labute approximate surface area is 113 Å². The number of hydrogen-bond donors (Lipinski definition) is 3. The van der Waals surface area contributed by atoms with Crippen LogP contribution in [0.25, 0.3) is 0 Å². The second-order valence-electron chi connectivity index (χ2n) is 4.95. The molecule has 0 aliphatic heterocycles. The lowest BCUT2D eigenvalue weighted by Crippen LogP contribution is -2.35. The molecule has 0 amide bonds. The standard InChI is InChI=1S/C13H19NO4S/c15-11(9-19(16,17)18)8-14-13-7-3-5-10-4-1-2-6-12(10)13/h1-2,4,6,11,13-15H,3,5,7-9H2,(H,16,17,18). The molecule has 0 saturated heterocycles. The maximum absolute atomic E-state index is 10.7. The van der Waals surface area contributed by atoms with Gasteiger partial charge in [-0.05, 0) is 30.4 Å². The molecule has 0 fully saturated rings. The van der Waals surface area contributed by atoms with Crippen LogP contribution in [0, 0.1) is 0 Å². The van der Waals surface area contributed by atoms with E-state index in [9.17, 15) is 13.5 Å². The van der Waals surface area contributed by atoms with Gasteiger partial charge in [-0.25, -0.2) is 0 Å². The van der Waals surface area contributed by atoms with Gasteiger partial charge in [-0.15, -0.1) is 0 Å². The van der Waals surface area contributed by atoms with Gasteiger partial charge in [-0.3, -0.25) is 4.55 Å². The molecule has 0 heterocycles. The minimum atomic E-state index is -4.13. The molecule has 1 aromatic rings. The fourth-order valence-corrected chi connectivity index (χ4v) is 3.15. The number of rotatable bonds is 5. The highest BCUT2D eigenvalue weighted by atomic mass is 32.2. The molecule has 1 aliphatic carbocycles. The van der Waals surface area contributed by atoms with E-state index < -0.39 is 22.0 Å². The van der Waals surface area contributed by atoms with E-state index in [0.717, 1.165) is 19.3 Å². The highest BCUT2D eigenvalue weighted by Gasteiger charge is 2.21. The topological polar surface area (TPSA) is 86.6 Å². The summed E-state index contributed by atoms with van der Waals surface area (Å²) in [7, 11) is -4.13. The molecule has 106 valence electrons. The molecule has 3 N–H and O–H groups in total. The predicted molar refractivity (Wildman–Crippen MR) is 72.5 cm³/mol. The van der Waals surface area contributed by atoms with E-state index in [1.54, 1.807) is 0 Å². The Kier molecular flexibility index (Phi) is 4.57. The van der Waals surface area contributed by atoms with Gasteiger partial charge in [-0.1, -0.05) is 24.3 Å². The third-order valence-corrected chi connectivity index (χ3v) is 4.18. The van der Waals surface area contributed by atoms with Crippen LogP contribution in [0.2, 0.25) is 0 Å². The van der Waals surface area contributed by atoms with Gasteiger partial charge < -0.3 is 10.4 Å². The zero-order valence-electron chi connectivity index (χ0n) is 10.6. The Morgan fingerprint density at radius 1 is 1.37 bits per heavy atom. The summed E-state index contributed by atoms with van der Waals surface area (Å²) >= 11 is 0. The lowest BCUT2D eigenvalue weighted by molar-refractivity contribution is 0.184. The van der Waals surface area contributed by atoms with E-state index in [2.05, 4.69) is 17.4 Å². The molecule has 5 nitrogen and oxygen atoms in total. The van der Waals surface area contributed by atoms with E-state index in [1.165, 1.54) is 11.1 Å². The summed E-state index contributed by atoms with van der Waals surface area (Å²) in [5, 5.41) is 12.7. The normalized spacial score (nSPS) is 20.8. The Balaban J connectivity index is 1.94. The molecule has 0 saturated carbocycles. The zero-order chi connectivity index (χ0) is 13.9. The first kappa shape index (κ1) is 14.5. The van der Waals surface area contributed by atoms with Crippen molar-refractivity contribution in [1.29, 1.82) is 0 Å². The second-order valence-corrected chi connectivity index (χ2v) is 6.45. The van der Waals surface area contributed by atoms with Crippen molar-refractivity contribution in [2.75, 3.05) is 12.3 Å². The molecule has 0 bridgehead atoms. The number of benzene rings is 1. The largest absolute Gasteiger partial charge is 0.391 e. The summed E-state index contributed by atoms with van der Waals surface area (Å²) in [5.74, 6) is -0.631. The summed E-state index contributed by atoms with van der Waals surface area (Å²) < 4.78 is 30.0. The molecule has 1 aliphatic rings. The Bertz CT molecular complexity index is 529. The van der Waals surface area contributed by atoms with Crippen LogP contribution in [0.15, 0.2) is 24.3 Å². The highest BCUT2D eigenvalue weighted by Crippen LogP contribution is 2.29. The number of aliphatic hydroxyl groups is 1. The number of fused-ring (bicyclic) bond motifs is 1. The molecule has 0 aromatic heterocycles. The predicted octanol–water partition coefficient (Wildman–Crippen LogP) is 0.902. The minimum absolute atomic E-state index is 0.140. The average molecular weight is 285 g/mol. The van der Waals surface area contributed by atoms with E-state index >= 15 is 0 Å². The fourth-order valence-electron chi connectivity index (χ4n) is 2.55. The number of aliphatic hydroxyl groups excluding tert-OH is 1. The van der Waals surface area contributed by atoms with Gasteiger partial charge in [0.1, 0.15) is 5.75 Å². The van der Waals surface area contributed by atoms with Crippen LogP contribution < -0.4 is 5.32 Å². The van der Waals surface area contributed by atoms with Crippen LogP contribution in [0.1, 0.15) is 30.0 Å². The van der Waals surface area contributed by atoms with Gasteiger partial charge in [0, 0.05) is 12.6 Å². The van der Waals surface area contributed by atoms with Crippen molar-refractivity contribution in [3.8, 4) is 0 Å². The van der Waals surface area contributed by atoms with Crippen LogP contribution >= 0.6 is 0 Å². The van der Waals surface area contributed by atoms with Gasteiger partial charge in [-0.2, -0.15) is 8.42 Å². The molecule has 2 rings (SSSR count). The number of nitrogens with one attached hydrogen (secondary N) is 1. The molecule has 0 spiro atoms. The molecule has 19 heavy (non-hydrogen) atoms. The molecule has 2 atom stereocenters. The van der Waals surface area contributed by atoms with E-state index in [0.29, 0.717) is 0 Å². The summed E-state index contributed by atoms with van der Waals surface area (Å²) in [6, 6.07) is 8.28. The maximum atomic E-state index is 10.7. The Hall–Kier alpha value is -0.950. The van der Waals surface area contributed by atoms with Crippen LogP contribution in [-0.2, 0) is 16.5 Å². The number of hydrogen-bond acceptors (Lipinski definition) is 4. The monoisotopic (exact) mass is 285 g/mol. The van der Waals surface area contributed by atoms with Crippen molar-refractivity contribution >= 4 is 10.1 Å². The third-order valence-electron chi connectivity index (χ3n) is 3.37. The summed E-state index contributed by atoms with van der Waals surface area (Å²) in [6.45, 7) is 0.152. The molecule has 1 aromatic carbocycles. The quantitative estimate of drug-likeness (QED) is 0.700. The van der Waals surface area contributed by atoms with Crippen LogP contribution in [0.4, 0.5) is 0 Å². The van der Waals surface area contributed by atoms with E-state index in [1.807, 2.05) is 12.1 Å². The SMILES string of the molecule is O=S(=O)(O)CC(O)CNC1CCCc2ccccc21. The first-order valence-electron chi connectivity index (χ1n) is 6.40. The highest BCUT2D eigenvalue weighted by molar-refractivity contribution is 7.85. The van der Waals surface area contributed by atoms with Gasteiger partial charge in [0.2, 0.25) is 0 Å². The van der Waals surface area contributed by atoms with Crippen LogP contribution in [-0.4, -0.2) is 36.5 Å². The van der Waals surface area contributed by atoms with Gasteiger partial charge in [0.25, 0.3) is 10.1 Å². The molecule has 2 unspecified atom stereocenters. The Morgan fingerprint density at radius 3 is 2.84 bits per heavy atom. The van der Waals surface area contributed by atoms with Crippen LogP contribution in [0.5, 0.6) is 0 Å². The van der Waals surface area contributed by atoms with E-state index in [4.69, 9.17) is 4.55 Å². The van der Waals surface area contributed by atoms with Crippen LogP contribution in [0.3, 0.4) is 0 Å². The zero-order valence-corrected chi connectivity index (χ0v) is 11.4. The minimum Gasteiger partial charge on any atom is -0.391 e. The van der Waals surface area contributed by atoms with Gasteiger partial charge in [0.05, 0.1) is 6.10 Å². The number of aryl methyl sites for hydroxylation is 1. The third kappa shape index (κ3) is 4.28. The maximum Gasteiger partial charge on any atom is 0.267 e. The van der Waals surface area contributed by atoms with Crippen molar-refractivity contribution in [1.82, 2.24) is 5.32 Å². The molecule has 6 heteroatoms. The smallest absolute Gasteiger partial charge is 0.267 e. The first-order valence-corrected chi connectivity index (χ1v) is 8.01. The average Bonchev–Trinajstić information content (AvgIpc) is 2.34. The lowest BCUT2D eigenvalue weighted by Gasteiger charge is -2.27. The Morgan fingerprint density at radius 2 is 2.11 bits per heavy atom. The molecule has 0 radical (unpaired) electrons. The fraction of sp³-hybridized carbons (Fsp3) is 0.538. The summed E-state index contributed by atoms with van der Waals surface area (Å²) in [4.78, 5) is 0. The van der Waals surface area contributed by atoms with Gasteiger partial charge in [0.15, 0.2) is 0 Å². The van der Waals surface area contributed by atoms with Crippen molar-refractivity contribution in [2.45, 2.75) is 31.4 Å². The van der Waals surface area contributed by atoms with Crippen molar-refractivity contribution in [3.05, 3.63) is 35.4 Å². The van der Waals surface area contributed by atoms with Crippen molar-refractivity contribution in [3.63, 3.8) is 0 Å². The summed E-state index contributed by atoms with van der Waals surface area (Å²) in [5.41, 5.74) is 2.52. The van der Waals surface area contributed by atoms with Gasteiger partial charge >= 0.3 is 0 Å². The summed E-state index contributed by atoms with van der Waals surface area (Å²) in [6.07, 6.45) is 2.00. The van der Waals surface area contributed by atoms with E-state index in [-0.39, 0.29) is 12.6 Å². The second kappa shape index (κ2) is 6.00. The van der Waals surface area contributed by atoms with Crippen molar-refractivity contribution in [2.24, 2.45) is 0 Å². The lowest BCUT2D eigenvalue weighted by atomic mass is 9.88. The molecular weight excluding hydrogens is 266 g/mol. The molecular formula is C13H19NO4S.